The van der Waals surface area contributed by atoms with Gasteiger partial charge in [0.15, 0.2) is 5.78 Å². The van der Waals surface area contributed by atoms with Crippen LogP contribution in [0.4, 0.5) is 0 Å². The van der Waals surface area contributed by atoms with E-state index in [1.165, 1.54) is 12.2 Å². The van der Waals surface area contributed by atoms with Crippen molar-refractivity contribution >= 4 is 5.78 Å². The lowest BCUT2D eigenvalue weighted by Crippen LogP contribution is -2.26. The SMILES string of the molecule is O=C1C=CC2(C=C1)OCCO2. The molecule has 1 aliphatic heterocycles. The maximum absolute atomic E-state index is 10.7. The average molecular weight is 152 g/mol. The summed E-state index contributed by atoms with van der Waals surface area (Å²) in [7, 11) is 0. The third kappa shape index (κ3) is 1.13. The lowest BCUT2D eigenvalue weighted by atomic mass is 10.1. The summed E-state index contributed by atoms with van der Waals surface area (Å²) in [6, 6.07) is 0. The molecule has 3 heteroatoms. The number of carbonyl (C=O) groups is 1. The normalized spacial score (nSPS) is 26.7. The van der Waals surface area contributed by atoms with Gasteiger partial charge in [-0.05, 0) is 24.3 Å². The Hall–Kier alpha value is -0.930. The minimum Gasteiger partial charge on any atom is -0.341 e. The molecular weight excluding hydrogens is 144 g/mol. The zero-order valence-corrected chi connectivity index (χ0v) is 5.95. The van der Waals surface area contributed by atoms with Gasteiger partial charge in [0.2, 0.25) is 5.79 Å². The molecule has 58 valence electrons. The lowest BCUT2D eigenvalue weighted by Gasteiger charge is -2.20. The van der Waals surface area contributed by atoms with E-state index in [2.05, 4.69) is 0 Å². The second kappa shape index (κ2) is 2.29. The summed E-state index contributed by atoms with van der Waals surface area (Å²) >= 11 is 0. The number of hydrogen-bond acceptors (Lipinski definition) is 3. The van der Waals surface area contributed by atoms with E-state index < -0.39 is 5.79 Å². The molecule has 0 aromatic carbocycles. The Labute approximate surface area is 64.3 Å². The van der Waals surface area contributed by atoms with Gasteiger partial charge in [0, 0.05) is 0 Å². The van der Waals surface area contributed by atoms with E-state index in [0.29, 0.717) is 13.2 Å². The van der Waals surface area contributed by atoms with E-state index in [1.54, 1.807) is 12.2 Å². The maximum Gasteiger partial charge on any atom is 0.208 e. The predicted octanol–water partition coefficient (Wildman–Crippen LogP) is 0.425. The van der Waals surface area contributed by atoms with Crippen molar-refractivity contribution in [3.05, 3.63) is 24.3 Å². The minimum absolute atomic E-state index is 0.0188. The number of allylic oxidation sites excluding steroid dienone is 2. The van der Waals surface area contributed by atoms with Gasteiger partial charge in [-0.1, -0.05) is 0 Å². The van der Waals surface area contributed by atoms with Gasteiger partial charge in [-0.15, -0.1) is 0 Å². The first kappa shape index (κ1) is 6.76. The zero-order chi connectivity index (χ0) is 7.73. The zero-order valence-electron chi connectivity index (χ0n) is 5.95. The van der Waals surface area contributed by atoms with Gasteiger partial charge in [0.25, 0.3) is 0 Å². The molecule has 1 fully saturated rings. The Kier molecular flexibility index (Phi) is 1.41. The molecule has 0 aromatic rings. The van der Waals surface area contributed by atoms with Gasteiger partial charge in [-0.2, -0.15) is 0 Å². The molecule has 0 radical (unpaired) electrons. The van der Waals surface area contributed by atoms with Crippen molar-refractivity contribution in [2.24, 2.45) is 0 Å². The Morgan fingerprint density at radius 2 is 1.73 bits per heavy atom. The van der Waals surface area contributed by atoms with Crippen LogP contribution in [-0.2, 0) is 14.3 Å². The highest BCUT2D eigenvalue weighted by Gasteiger charge is 2.32. The van der Waals surface area contributed by atoms with Crippen LogP contribution < -0.4 is 0 Å². The molecule has 2 aliphatic rings. The van der Waals surface area contributed by atoms with Crippen molar-refractivity contribution in [3.63, 3.8) is 0 Å². The lowest BCUT2D eigenvalue weighted by molar-refractivity contribution is -0.112. The van der Waals surface area contributed by atoms with Crippen molar-refractivity contribution in [2.45, 2.75) is 5.79 Å². The Bertz CT molecular complexity index is 216. The second-order valence-electron chi connectivity index (χ2n) is 2.49. The van der Waals surface area contributed by atoms with Gasteiger partial charge in [-0.25, -0.2) is 0 Å². The van der Waals surface area contributed by atoms with Crippen LogP contribution in [0, 0.1) is 0 Å². The standard InChI is InChI=1S/C8H8O3/c9-7-1-3-8(4-2-7)10-5-6-11-8/h1-4H,5-6H2. The number of ether oxygens (including phenoxy) is 2. The predicted molar refractivity (Wildman–Crippen MR) is 37.9 cm³/mol. The number of carbonyl (C=O) groups excluding carboxylic acids is 1. The largest absolute Gasteiger partial charge is 0.341 e. The van der Waals surface area contributed by atoms with Gasteiger partial charge in [0.05, 0.1) is 13.2 Å². The van der Waals surface area contributed by atoms with Crippen LogP contribution >= 0.6 is 0 Å². The highest BCUT2D eigenvalue weighted by Crippen LogP contribution is 2.24. The van der Waals surface area contributed by atoms with Crippen LogP contribution in [0.25, 0.3) is 0 Å². The van der Waals surface area contributed by atoms with Gasteiger partial charge < -0.3 is 9.47 Å². The van der Waals surface area contributed by atoms with E-state index in [-0.39, 0.29) is 5.78 Å². The van der Waals surface area contributed by atoms with Crippen LogP contribution in [0.15, 0.2) is 24.3 Å². The highest BCUT2D eigenvalue weighted by atomic mass is 16.7. The van der Waals surface area contributed by atoms with Crippen molar-refractivity contribution in [1.29, 1.82) is 0 Å². The fourth-order valence-electron chi connectivity index (χ4n) is 1.14. The van der Waals surface area contributed by atoms with Crippen LogP contribution in [-0.4, -0.2) is 24.8 Å². The average Bonchev–Trinajstić information content (AvgIpc) is 2.45. The Balaban J connectivity index is 2.22. The van der Waals surface area contributed by atoms with Crippen LogP contribution in [0.5, 0.6) is 0 Å². The molecule has 2 rings (SSSR count). The molecule has 0 saturated carbocycles. The third-order valence-corrected chi connectivity index (χ3v) is 1.70. The number of ketones is 1. The first-order valence-electron chi connectivity index (χ1n) is 3.51. The van der Waals surface area contributed by atoms with Gasteiger partial charge in [-0.3, -0.25) is 4.79 Å². The molecule has 11 heavy (non-hydrogen) atoms. The van der Waals surface area contributed by atoms with E-state index in [0.717, 1.165) is 0 Å². The first-order valence-corrected chi connectivity index (χ1v) is 3.51. The molecule has 1 aliphatic carbocycles. The molecule has 1 saturated heterocycles. The summed E-state index contributed by atoms with van der Waals surface area (Å²) in [5.41, 5.74) is 0. The third-order valence-electron chi connectivity index (χ3n) is 1.70. The highest BCUT2D eigenvalue weighted by molar-refractivity contribution is 6.00. The monoisotopic (exact) mass is 152 g/mol. The quantitative estimate of drug-likeness (QED) is 0.504. The molecule has 1 spiro atoms. The maximum atomic E-state index is 10.7. The van der Waals surface area contributed by atoms with Crippen LogP contribution in [0.2, 0.25) is 0 Å². The van der Waals surface area contributed by atoms with E-state index in [1.807, 2.05) is 0 Å². The summed E-state index contributed by atoms with van der Waals surface area (Å²) < 4.78 is 10.6. The Morgan fingerprint density at radius 3 is 2.27 bits per heavy atom. The van der Waals surface area contributed by atoms with Gasteiger partial charge >= 0.3 is 0 Å². The Morgan fingerprint density at radius 1 is 1.18 bits per heavy atom. The molecule has 0 amide bonds. The van der Waals surface area contributed by atoms with Crippen LogP contribution in [0.3, 0.4) is 0 Å². The van der Waals surface area contributed by atoms with Gasteiger partial charge in [0.1, 0.15) is 0 Å². The fourth-order valence-corrected chi connectivity index (χ4v) is 1.14. The van der Waals surface area contributed by atoms with E-state index in [9.17, 15) is 4.79 Å². The fraction of sp³-hybridized carbons (Fsp3) is 0.375. The van der Waals surface area contributed by atoms with E-state index >= 15 is 0 Å². The summed E-state index contributed by atoms with van der Waals surface area (Å²) in [5.74, 6) is -0.747. The summed E-state index contributed by atoms with van der Waals surface area (Å²) in [6.07, 6.45) is 6.21. The van der Waals surface area contributed by atoms with Crippen molar-refractivity contribution in [3.8, 4) is 0 Å². The van der Waals surface area contributed by atoms with Crippen LogP contribution in [0.1, 0.15) is 0 Å². The first-order chi connectivity index (χ1) is 5.31. The molecular formula is C8H8O3. The second-order valence-corrected chi connectivity index (χ2v) is 2.49. The summed E-state index contributed by atoms with van der Waals surface area (Å²) in [4.78, 5) is 10.7. The molecule has 0 aromatic heterocycles. The molecule has 0 unspecified atom stereocenters. The molecule has 0 atom stereocenters. The minimum atomic E-state index is -0.728. The smallest absolute Gasteiger partial charge is 0.208 e. The number of rotatable bonds is 0. The topological polar surface area (TPSA) is 35.5 Å². The number of hydrogen-bond donors (Lipinski definition) is 0. The van der Waals surface area contributed by atoms with E-state index in [4.69, 9.17) is 9.47 Å². The molecule has 0 bridgehead atoms. The van der Waals surface area contributed by atoms with Crippen molar-refractivity contribution in [1.82, 2.24) is 0 Å². The molecule has 1 heterocycles. The molecule has 3 nitrogen and oxygen atoms in total. The van der Waals surface area contributed by atoms with Crippen molar-refractivity contribution < 1.29 is 14.3 Å². The summed E-state index contributed by atoms with van der Waals surface area (Å²) in [5, 5.41) is 0. The summed E-state index contributed by atoms with van der Waals surface area (Å²) in [6.45, 7) is 1.17. The van der Waals surface area contributed by atoms with Crippen molar-refractivity contribution in [2.75, 3.05) is 13.2 Å². The molecule has 0 N–H and O–H groups in total.